The number of benzene rings is 1. The van der Waals surface area contributed by atoms with Crippen molar-refractivity contribution >= 4 is 11.6 Å². The average molecular weight is 244 g/mol. The third kappa shape index (κ3) is 4.24. The first kappa shape index (κ1) is 12.7. The van der Waals surface area contributed by atoms with Gasteiger partial charge in [-0.3, -0.25) is 4.79 Å². The van der Waals surface area contributed by atoms with Crippen LogP contribution in [0, 0.1) is 0 Å². The van der Waals surface area contributed by atoms with Crippen molar-refractivity contribution in [2.24, 2.45) is 0 Å². The van der Waals surface area contributed by atoms with Gasteiger partial charge in [0.1, 0.15) is 0 Å². The van der Waals surface area contributed by atoms with E-state index in [-0.39, 0.29) is 5.91 Å². The molecule has 1 fully saturated rings. The SMILES string of the molecule is O=C(/C=C\NC1CCCCC1)Nc1ccccc1. The van der Waals surface area contributed by atoms with Gasteiger partial charge in [0, 0.05) is 24.0 Å². The molecule has 0 aromatic heterocycles. The Kier molecular flexibility index (Phi) is 4.82. The van der Waals surface area contributed by atoms with Crippen LogP contribution in [0.5, 0.6) is 0 Å². The average Bonchev–Trinajstić information content (AvgIpc) is 2.41. The smallest absolute Gasteiger partial charge is 0.249 e. The van der Waals surface area contributed by atoms with Gasteiger partial charge < -0.3 is 10.6 Å². The zero-order chi connectivity index (χ0) is 12.6. The molecule has 0 spiro atoms. The van der Waals surface area contributed by atoms with Crippen LogP contribution in [0.1, 0.15) is 32.1 Å². The van der Waals surface area contributed by atoms with E-state index in [2.05, 4.69) is 10.6 Å². The fourth-order valence-corrected chi connectivity index (χ4v) is 2.23. The van der Waals surface area contributed by atoms with Gasteiger partial charge in [-0.1, -0.05) is 37.5 Å². The number of carbonyl (C=O) groups is 1. The summed E-state index contributed by atoms with van der Waals surface area (Å²) in [4.78, 5) is 11.6. The highest BCUT2D eigenvalue weighted by Gasteiger charge is 2.10. The van der Waals surface area contributed by atoms with Crippen molar-refractivity contribution in [1.82, 2.24) is 5.32 Å². The number of para-hydroxylation sites is 1. The third-order valence-electron chi connectivity index (χ3n) is 3.21. The summed E-state index contributed by atoms with van der Waals surface area (Å²) in [5, 5.41) is 6.11. The second kappa shape index (κ2) is 6.84. The first-order valence-electron chi connectivity index (χ1n) is 6.63. The molecule has 0 unspecified atom stereocenters. The number of carbonyl (C=O) groups excluding carboxylic acids is 1. The van der Waals surface area contributed by atoms with E-state index in [4.69, 9.17) is 0 Å². The van der Waals surface area contributed by atoms with Gasteiger partial charge in [0.2, 0.25) is 5.91 Å². The van der Waals surface area contributed by atoms with Gasteiger partial charge >= 0.3 is 0 Å². The molecule has 0 aliphatic heterocycles. The second-order valence-corrected chi connectivity index (χ2v) is 4.69. The molecule has 1 amide bonds. The summed E-state index contributed by atoms with van der Waals surface area (Å²) in [6.45, 7) is 0. The van der Waals surface area contributed by atoms with E-state index in [0.717, 1.165) is 5.69 Å². The summed E-state index contributed by atoms with van der Waals surface area (Å²) >= 11 is 0. The van der Waals surface area contributed by atoms with E-state index in [1.165, 1.54) is 32.1 Å². The molecule has 3 nitrogen and oxygen atoms in total. The van der Waals surface area contributed by atoms with E-state index < -0.39 is 0 Å². The molecular weight excluding hydrogens is 224 g/mol. The third-order valence-corrected chi connectivity index (χ3v) is 3.21. The molecule has 0 saturated heterocycles. The van der Waals surface area contributed by atoms with Crippen LogP contribution in [0.2, 0.25) is 0 Å². The Hall–Kier alpha value is -1.77. The lowest BCUT2D eigenvalue weighted by atomic mass is 9.96. The van der Waals surface area contributed by atoms with Crippen molar-refractivity contribution in [1.29, 1.82) is 0 Å². The summed E-state index contributed by atoms with van der Waals surface area (Å²) in [6.07, 6.45) is 9.69. The van der Waals surface area contributed by atoms with Crippen molar-refractivity contribution < 1.29 is 4.79 Å². The Balaban J connectivity index is 1.73. The molecule has 1 saturated carbocycles. The van der Waals surface area contributed by atoms with Crippen molar-refractivity contribution in [3.63, 3.8) is 0 Å². The standard InChI is InChI=1S/C15H20N2O/c18-15(17-14-9-5-2-6-10-14)11-12-16-13-7-3-1-4-8-13/h2,5-6,9-13,16H,1,3-4,7-8H2,(H,17,18)/b12-11-. The molecule has 0 heterocycles. The van der Waals surface area contributed by atoms with E-state index >= 15 is 0 Å². The minimum absolute atomic E-state index is 0.0930. The molecule has 1 aromatic carbocycles. The van der Waals surface area contributed by atoms with Crippen LogP contribution in [-0.2, 0) is 4.79 Å². The van der Waals surface area contributed by atoms with Gasteiger partial charge in [0.25, 0.3) is 0 Å². The van der Waals surface area contributed by atoms with Crippen LogP contribution < -0.4 is 10.6 Å². The quantitative estimate of drug-likeness (QED) is 0.799. The molecule has 18 heavy (non-hydrogen) atoms. The maximum absolute atomic E-state index is 11.6. The number of hydrogen-bond donors (Lipinski definition) is 2. The van der Waals surface area contributed by atoms with Gasteiger partial charge in [-0.25, -0.2) is 0 Å². The van der Waals surface area contributed by atoms with Gasteiger partial charge in [0.05, 0.1) is 0 Å². The zero-order valence-electron chi connectivity index (χ0n) is 10.6. The Labute approximate surface area is 108 Å². The molecule has 3 heteroatoms. The maximum atomic E-state index is 11.6. The summed E-state index contributed by atoms with van der Waals surface area (Å²) in [7, 11) is 0. The summed E-state index contributed by atoms with van der Waals surface area (Å²) in [6, 6.07) is 10.0. The fraction of sp³-hybridized carbons (Fsp3) is 0.400. The van der Waals surface area contributed by atoms with Gasteiger partial charge in [-0.15, -0.1) is 0 Å². The van der Waals surface area contributed by atoms with Gasteiger partial charge in [-0.05, 0) is 25.0 Å². The highest BCUT2D eigenvalue weighted by atomic mass is 16.1. The molecule has 2 rings (SSSR count). The Bertz CT molecular complexity index is 394. The number of hydrogen-bond acceptors (Lipinski definition) is 2. The van der Waals surface area contributed by atoms with Gasteiger partial charge in [0.15, 0.2) is 0 Å². The molecule has 1 aliphatic carbocycles. The van der Waals surface area contributed by atoms with Crippen LogP contribution in [-0.4, -0.2) is 11.9 Å². The van der Waals surface area contributed by atoms with Gasteiger partial charge in [-0.2, -0.15) is 0 Å². The first-order chi connectivity index (χ1) is 8.84. The molecule has 0 radical (unpaired) electrons. The lowest BCUT2D eigenvalue weighted by molar-refractivity contribution is -0.111. The largest absolute Gasteiger partial charge is 0.388 e. The summed E-state index contributed by atoms with van der Waals surface area (Å²) < 4.78 is 0. The number of rotatable bonds is 4. The zero-order valence-corrected chi connectivity index (χ0v) is 10.6. The maximum Gasteiger partial charge on any atom is 0.249 e. The monoisotopic (exact) mass is 244 g/mol. The second-order valence-electron chi connectivity index (χ2n) is 4.69. The minimum atomic E-state index is -0.0930. The Morgan fingerprint density at radius 1 is 1.11 bits per heavy atom. The normalized spacial score (nSPS) is 16.7. The number of nitrogens with one attached hydrogen (secondary N) is 2. The van der Waals surface area contributed by atoms with Crippen molar-refractivity contribution in [2.45, 2.75) is 38.1 Å². The fourth-order valence-electron chi connectivity index (χ4n) is 2.23. The summed E-state index contributed by atoms with van der Waals surface area (Å²) in [5.74, 6) is -0.0930. The molecular formula is C15H20N2O. The first-order valence-corrected chi connectivity index (χ1v) is 6.63. The minimum Gasteiger partial charge on any atom is -0.388 e. The molecule has 96 valence electrons. The molecule has 0 bridgehead atoms. The van der Waals surface area contributed by atoms with Crippen molar-refractivity contribution in [3.05, 3.63) is 42.6 Å². The van der Waals surface area contributed by atoms with Crippen molar-refractivity contribution in [2.75, 3.05) is 5.32 Å². The predicted molar refractivity (Wildman–Crippen MR) is 74.2 cm³/mol. The topological polar surface area (TPSA) is 41.1 Å². The predicted octanol–water partition coefficient (Wildman–Crippen LogP) is 3.06. The Morgan fingerprint density at radius 2 is 1.83 bits per heavy atom. The van der Waals surface area contributed by atoms with E-state index in [9.17, 15) is 4.79 Å². The molecule has 0 atom stereocenters. The van der Waals surface area contributed by atoms with E-state index in [1.807, 2.05) is 30.3 Å². The number of amides is 1. The molecule has 2 N–H and O–H groups in total. The Morgan fingerprint density at radius 3 is 2.56 bits per heavy atom. The highest BCUT2D eigenvalue weighted by molar-refractivity contribution is 5.99. The molecule has 1 aliphatic rings. The summed E-state index contributed by atoms with van der Waals surface area (Å²) in [5.41, 5.74) is 0.824. The number of anilines is 1. The van der Waals surface area contributed by atoms with E-state index in [0.29, 0.717) is 6.04 Å². The lowest BCUT2D eigenvalue weighted by Gasteiger charge is -2.21. The lowest BCUT2D eigenvalue weighted by Crippen LogP contribution is -2.26. The van der Waals surface area contributed by atoms with Crippen LogP contribution >= 0.6 is 0 Å². The van der Waals surface area contributed by atoms with Crippen molar-refractivity contribution in [3.8, 4) is 0 Å². The van der Waals surface area contributed by atoms with Crippen LogP contribution in [0.25, 0.3) is 0 Å². The van der Waals surface area contributed by atoms with Crippen LogP contribution in [0.4, 0.5) is 5.69 Å². The van der Waals surface area contributed by atoms with E-state index in [1.54, 1.807) is 12.3 Å². The van der Waals surface area contributed by atoms with Crippen LogP contribution in [0.15, 0.2) is 42.6 Å². The highest BCUT2D eigenvalue weighted by Crippen LogP contribution is 2.17. The van der Waals surface area contributed by atoms with Crippen LogP contribution in [0.3, 0.4) is 0 Å². The molecule has 1 aromatic rings.